The molecule has 3 fully saturated rings. The second-order valence-electron chi connectivity index (χ2n) is 35.2. The van der Waals surface area contributed by atoms with Crippen molar-refractivity contribution in [3.05, 3.63) is 71.8 Å². The van der Waals surface area contributed by atoms with Crippen molar-refractivity contribution in [2.45, 2.75) is 288 Å². The zero-order valence-electron chi connectivity index (χ0n) is 70.6. The first kappa shape index (κ1) is 96.9. The van der Waals surface area contributed by atoms with Crippen LogP contribution in [0.3, 0.4) is 0 Å². The summed E-state index contributed by atoms with van der Waals surface area (Å²) in [5.41, 5.74) is -7.10. The summed E-state index contributed by atoms with van der Waals surface area (Å²) in [7, 11) is 0. The highest BCUT2D eigenvalue weighted by atomic mass is 16.3. The molecule has 0 aliphatic carbocycles. The largest absolute Gasteiger partial charge is 0.394 e. The Hall–Kier alpha value is -10.7. The Labute approximate surface area is 682 Å². The maximum atomic E-state index is 14.6. The number of aliphatic hydroxyl groups is 3. The van der Waals surface area contributed by atoms with E-state index in [1.165, 1.54) is 123 Å². The molecule has 0 unspecified atom stereocenters. The molecule has 18 N–H and O–H groups in total. The summed E-state index contributed by atoms with van der Waals surface area (Å²) in [5, 5.41) is 65.7. The first-order chi connectivity index (χ1) is 53.9. The number of aliphatic hydroxyl groups excluding tert-OH is 3. The van der Waals surface area contributed by atoms with E-state index in [9.17, 15) is 96.8 Å². The molecule has 117 heavy (non-hydrogen) atoms. The SMILES string of the molecule is CC(=O)N[C@@H](Cc1ccccc1)C(=O)NC(C)(C)C(=O)NC(C)(C)C(=O)NC(C)(C)C(=O)NC(C)(C)C(=O)NCC(=O)N[C@@H](CC(C)C)C(=O)NC(C)(C)C(=O)NC(C)(C)C(=O)N1C[C@H](O)C[C@H]1C(=O)N[C@@H](CCC(N)=O)C(=O)NC(C)(C)C(=O)N1C[C@H](O)C[C@H]1C(=O)NC(C)(C)C(=O)N1CCC[C@H]1C(=O)N[C@H](CO)Cc1ccccc1. The Kier molecular flexibility index (Phi) is 32.7. The number of carbonyl (C=O) groups is 17. The number of carbonyl (C=O) groups excluding carboxylic acids is 17. The van der Waals surface area contributed by atoms with Crippen LogP contribution in [-0.2, 0) is 94.3 Å². The van der Waals surface area contributed by atoms with Crippen LogP contribution in [0.4, 0.5) is 0 Å². The molecule has 0 saturated carbocycles. The predicted molar refractivity (Wildman–Crippen MR) is 426 cm³/mol. The summed E-state index contributed by atoms with van der Waals surface area (Å²) in [6.07, 6.45) is -2.94. The highest BCUT2D eigenvalue weighted by Crippen LogP contribution is 2.28. The molecule has 648 valence electrons. The number of β-amino-alcohol motifs (C(OH)–C–C–N with tert-alkyl or cyclic N) is 2. The monoisotopic (exact) mass is 1640 g/mol. The van der Waals surface area contributed by atoms with Gasteiger partial charge < -0.3 is 105 Å². The lowest BCUT2D eigenvalue weighted by Gasteiger charge is -2.37. The molecule has 3 saturated heterocycles. The summed E-state index contributed by atoms with van der Waals surface area (Å²) < 4.78 is 0. The maximum absolute atomic E-state index is 14.6. The van der Waals surface area contributed by atoms with E-state index in [1.54, 1.807) is 44.2 Å². The Morgan fingerprint density at radius 1 is 0.444 bits per heavy atom. The molecule has 17 amide bonds. The molecule has 5 rings (SSSR count). The number of rotatable bonds is 38. The van der Waals surface area contributed by atoms with E-state index in [0.29, 0.717) is 19.3 Å². The molecule has 9 atom stereocenters. The number of primary amides is 1. The first-order valence-electron chi connectivity index (χ1n) is 39.2. The van der Waals surface area contributed by atoms with E-state index >= 15 is 0 Å². The van der Waals surface area contributed by atoms with E-state index in [-0.39, 0.29) is 51.3 Å². The van der Waals surface area contributed by atoms with Crippen molar-refractivity contribution in [1.82, 2.24) is 83.8 Å². The van der Waals surface area contributed by atoms with Crippen LogP contribution in [0.5, 0.6) is 0 Å². The van der Waals surface area contributed by atoms with Crippen molar-refractivity contribution in [3.63, 3.8) is 0 Å². The highest BCUT2D eigenvalue weighted by molar-refractivity contribution is 6.04. The molecule has 0 radical (unpaired) electrons. The van der Waals surface area contributed by atoms with Crippen LogP contribution in [0.15, 0.2) is 60.7 Å². The summed E-state index contributed by atoms with van der Waals surface area (Å²) in [5.74, 6) is -14.1. The number of nitrogens with one attached hydrogen (secondary N) is 13. The molecule has 3 heterocycles. The summed E-state index contributed by atoms with van der Waals surface area (Å²) in [6.45, 7) is 24.4. The van der Waals surface area contributed by atoms with Gasteiger partial charge >= 0.3 is 0 Å². The van der Waals surface area contributed by atoms with Crippen molar-refractivity contribution in [2.75, 3.05) is 32.8 Å². The van der Waals surface area contributed by atoms with Crippen LogP contribution >= 0.6 is 0 Å². The predicted octanol–water partition coefficient (Wildman–Crippen LogP) is -3.08. The molecule has 0 bridgehead atoms. The Morgan fingerprint density at radius 3 is 1.28 bits per heavy atom. The molecule has 3 aliphatic rings. The van der Waals surface area contributed by atoms with Gasteiger partial charge in [0.2, 0.25) is 100 Å². The number of benzene rings is 2. The van der Waals surface area contributed by atoms with Gasteiger partial charge in [-0.1, -0.05) is 74.5 Å². The lowest BCUT2D eigenvalue weighted by molar-refractivity contribution is -0.148. The number of nitrogens with zero attached hydrogens (tertiary/aromatic N) is 3. The van der Waals surface area contributed by atoms with Crippen LogP contribution in [0.1, 0.15) is 188 Å². The molecule has 0 aromatic heterocycles. The number of likely N-dealkylation sites (tertiary alicyclic amines) is 3. The Balaban J connectivity index is 1.16. The highest BCUT2D eigenvalue weighted by Gasteiger charge is 2.51. The molecular weight excluding hydrogens is 1520 g/mol. The van der Waals surface area contributed by atoms with Crippen molar-refractivity contribution in [1.29, 1.82) is 0 Å². The van der Waals surface area contributed by atoms with Crippen LogP contribution in [0.2, 0.25) is 0 Å². The van der Waals surface area contributed by atoms with Gasteiger partial charge in [-0.15, -0.1) is 0 Å². The van der Waals surface area contributed by atoms with Crippen LogP contribution in [-0.4, -0.2) is 262 Å². The minimum atomic E-state index is -1.93. The smallest absolute Gasteiger partial charge is 0.248 e. The number of hydrogen-bond donors (Lipinski definition) is 17. The topological polar surface area (TPSA) is 543 Å². The number of hydrogen-bond acceptors (Lipinski definition) is 20. The molecule has 2 aromatic rings. The zero-order chi connectivity index (χ0) is 88.6. The summed E-state index contributed by atoms with van der Waals surface area (Å²) in [4.78, 5) is 238. The second kappa shape index (κ2) is 39.5. The van der Waals surface area contributed by atoms with E-state index in [4.69, 9.17) is 5.73 Å². The molecule has 37 nitrogen and oxygen atoms in total. The average Bonchev–Trinajstić information content (AvgIpc) is 1.71. The van der Waals surface area contributed by atoms with Crippen molar-refractivity contribution in [2.24, 2.45) is 11.7 Å². The van der Waals surface area contributed by atoms with E-state index in [2.05, 4.69) is 69.1 Å². The zero-order valence-corrected chi connectivity index (χ0v) is 70.6. The van der Waals surface area contributed by atoms with Gasteiger partial charge in [-0.3, -0.25) is 81.5 Å². The third kappa shape index (κ3) is 27.2. The van der Waals surface area contributed by atoms with E-state index in [1.807, 2.05) is 30.3 Å². The standard InChI is InChI=1S/C80H123N17O20/c1-44(2)35-52(85-58(103)40-82-65(110)73(4,5)91-68(113)76(10,11)93-69(114)77(12,13)92-66(111)74(6,7)88-61(106)53(83-45(3)99)37-47-29-24-21-25-30-47)60(105)87-75(8,9)67(112)94-80(18,19)72(117)96-41-49(100)38-55(96)63(108)86-51(32-33-57(81)102)59(104)89-79(16,17)71(116)97-42-50(101)39-56(97)64(109)90-78(14,15)70(115)95-34-26-31-54(95)62(107)84-48(43-98)36-46-27-22-20-23-28-46/h20-25,27-30,44,48-56,98,100-101H,26,31-43H2,1-19H3,(H2,81,102)(H,82,110)(H,83,99)(H,84,107)(H,85,103)(H,86,108)(H,87,105)(H,88,106)(H,89,104)(H,90,109)(H,91,113)(H,92,111)(H,93,114)(H,94,112)/t48-,49+,50+,51-,52-,53-,54-,55-,56-/m0/s1. The third-order valence-corrected chi connectivity index (χ3v) is 20.3. The average molecular weight is 1640 g/mol. The van der Waals surface area contributed by atoms with Gasteiger partial charge in [-0.2, -0.15) is 0 Å². The first-order valence-corrected chi connectivity index (χ1v) is 39.2. The van der Waals surface area contributed by atoms with Gasteiger partial charge in [-0.05, 0) is 160 Å². The van der Waals surface area contributed by atoms with Gasteiger partial charge in [-0.25, -0.2) is 0 Å². The molecule has 2 aromatic carbocycles. The fourth-order valence-corrected chi connectivity index (χ4v) is 13.5. The quantitative estimate of drug-likeness (QED) is 0.0317. The molecular formula is C80H123N17O20. The van der Waals surface area contributed by atoms with Gasteiger partial charge in [0.15, 0.2) is 0 Å². The number of nitrogens with two attached hydrogens (primary N) is 1. The van der Waals surface area contributed by atoms with E-state index in [0.717, 1.165) is 20.9 Å². The van der Waals surface area contributed by atoms with Crippen LogP contribution < -0.4 is 74.9 Å². The molecule has 3 aliphatic heterocycles. The molecule has 0 spiro atoms. The second-order valence-corrected chi connectivity index (χ2v) is 35.2. The fraction of sp³-hybridized carbons (Fsp3) is 0.637. The fourth-order valence-electron chi connectivity index (χ4n) is 13.5. The van der Waals surface area contributed by atoms with Crippen LogP contribution in [0, 0.1) is 5.92 Å². The van der Waals surface area contributed by atoms with Crippen molar-refractivity contribution < 1.29 is 96.8 Å². The minimum absolute atomic E-state index is 0.00701. The van der Waals surface area contributed by atoms with Gasteiger partial charge in [0, 0.05) is 52.2 Å². The lowest BCUT2D eigenvalue weighted by Crippen LogP contribution is -2.68. The Morgan fingerprint density at radius 2 is 0.829 bits per heavy atom. The summed E-state index contributed by atoms with van der Waals surface area (Å²) >= 11 is 0. The minimum Gasteiger partial charge on any atom is -0.394 e. The Bertz CT molecular complexity index is 4030. The van der Waals surface area contributed by atoms with Gasteiger partial charge in [0.05, 0.1) is 31.4 Å². The van der Waals surface area contributed by atoms with Crippen molar-refractivity contribution >= 4 is 100 Å². The normalized spacial score (nSPS) is 18.4. The molecule has 37 heteroatoms. The van der Waals surface area contributed by atoms with Gasteiger partial charge in [0.25, 0.3) is 0 Å². The van der Waals surface area contributed by atoms with E-state index < -0.39 is 225 Å². The van der Waals surface area contributed by atoms with Crippen molar-refractivity contribution in [3.8, 4) is 0 Å². The number of amides is 17. The van der Waals surface area contributed by atoms with Crippen LogP contribution in [0.25, 0.3) is 0 Å². The lowest BCUT2D eigenvalue weighted by atomic mass is 9.95. The summed E-state index contributed by atoms with van der Waals surface area (Å²) in [6, 6.07) is 9.56. The maximum Gasteiger partial charge on any atom is 0.248 e. The third-order valence-electron chi connectivity index (χ3n) is 20.3. The van der Waals surface area contributed by atoms with Gasteiger partial charge in [0.1, 0.15) is 80.6 Å².